The van der Waals surface area contributed by atoms with Crippen LogP contribution in [0, 0.1) is 0 Å². The fraction of sp³-hybridized carbons (Fsp3) is 0.286. The topological polar surface area (TPSA) is 61.0 Å². The van der Waals surface area contributed by atoms with Crippen molar-refractivity contribution in [2.45, 2.75) is 19.4 Å². The summed E-state index contributed by atoms with van der Waals surface area (Å²) in [5.41, 5.74) is 9.23. The fourth-order valence-corrected chi connectivity index (χ4v) is 1.99. The molecule has 2 rings (SSSR count). The second-order valence-corrected chi connectivity index (χ2v) is 4.00. The van der Waals surface area contributed by atoms with Crippen molar-refractivity contribution in [2.24, 2.45) is 5.73 Å². The summed E-state index contributed by atoms with van der Waals surface area (Å²) in [7, 11) is 1.63. The number of nitrogens with two attached hydrogens (primary N) is 1. The van der Waals surface area contributed by atoms with Crippen LogP contribution in [-0.2, 0) is 6.42 Å². The minimum Gasteiger partial charge on any atom is -0.495 e. The number of methoxy groups -OCH3 is 1. The van der Waals surface area contributed by atoms with Gasteiger partial charge in [-0.1, -0.05) is 6.92 Å². The molecular weight excluding hydrogens is 226 g/mol. The molecule has 4 heteroatoms. The molecule has 0 fully saturated rings. The van der Waals surface area contributed by atoms with E-state index in [4.69, 9.17) is 10.5 Å². The molecule has 0 aliphatic heterocycles. The standard InChI is InChI=1S/C14H17N3O/c1-3-10-9-16-8-6-11(10)13(15)14-12(18-2)5-4-7-17-14/h4-9,13H,3,15H2,1-2H3. The number of aryl methyl sites for hydroxylation is 1. The molecule has 2 heterocycles. The van der Waals surface area contributed by atoms with Gasteiger partial charge in [-0.05, 0) is 35.7 Å². The minimum absolute atomic E-state index is 0.293. The number of hydrogen-bond donors (Lipinski definition) is 1. The quantitative estimate of drug-likeness (QED) is 0.893. The van der Waals surface area contributed by atoms with E-state index in [2.05, 4.69) is 16.9 Å². The van der Waals surface area contributed by atoms with Crippen LogP contribution >= 0.6 is 0 Å². The van der Waals surface area contributed by atoms with E-state index < -0.39 is 0 Å². The van der Waals surface area contributed by atoms with Gasteiger partial charge in [0.1, 0.15) is 11.4 Å². The van der Waals surface area contributed by atoms with Crippen LogP contribution in [0.4, 0.5) is 0 Å². The average Bonchev–Trinajstić information content (AvgIpc) is 2.46. The Bertz CT molecular complexity index is 480. The zero-order valence-corrected chi connectivity index (χ0v) is 10.6. The molecule has 18 heavy (non-hydrogen) atoms. The molecule has 0 saturated carbocycles. The lowest BCUT2D eigenvalue weighted by Gasteiger charge is -2.17. The Morgan fingerprint density at radius 1 is 1.33 bits per heavy atom. The van der Waals surface area contributed by atoms with Crippen molar-refractivity contribution >= 4 is 0 Å². The Kier molecular flexibility index (Phi) is 3.89. The highest BCUT2D eigenvalue weighted by Gasteiger charge is 2.17. The number of pyridine rings is 2. The Labute approximate surface area is 107 Å². The summed E-state index contributed by atoms with van der Waals surface area (Å²) < 4.78 is 5.30. The summed E-state index contributed by atoms with van der Waals surface area (Å²) in [6.45, 7) is 2.09. The molecule has 94 valence electrons. The molecule has 1 atom stereocenters. The first kappa shape index (κ1) is 12.5. The van der Waals surface area contributed by atoms with Crippen LogP contribution in [0.25, 0.3) is 0 Å². The summed E-state index contributed by atoms with van der Waals surface area (Å²) in [5.74, 6) is 0.712. The van der Waals surface area contributed by atoms with Crippen molar-refractivity contribution in [2.75, 3.05) is 7.11 Å². The SMILES string of the molecule is CCc1cnccc1C(N)c1ncccc1OC. The second kappa shape index (κ2) is 5.60. The Balaban J connectivity index is 2.44. The number of nitrogens with zero attached hydrogens (tertiary/aromatic N) is 2. The van der Waals surface area contributed by atoms with E-state index in [0.29, 0.717) is 5.75 Å². The lowest BCUT2D eigenvalue weighted by Crippen LogP contribution is -2.16. The molecule has 0 spiro atoms. The zero-order chi connectivity index (χ0) is 13.0. The molecule has 0 radical (unpaired) electrons. The summed E-state index contributed by atoms with van der Waals surface area (Å²) in [4.78, 5) is 8.46. The van der Waals surface area contributed by atoms with Crippen molar-refractivity contribution in [3.63, 3.8) is 0 Å². The average molecular weight is 243 g/mol. The normalized spacial score (nSPS) is 12.2. The van der Waals surface area contributed by atoms with Gasteiger partial charge in [-0.3, -0.25) is 9.97 Å². The van der Waals surface area contributed by atoms with E-state index in [1.54, 1.807) is 19.5 Å². The van der Waals surface area contributed by atoms with Gasteiger partial charge in [0, 0.05) is 18.6 Å². The third-order valence-electron chi connectivity index (χ3n) is 2.97. The molecule has 2 N–H and O–H groups in total. The molecule has 0 aliphatic carbocycles. The van der Waals surface area contributed by atoms with Gasteiger partial charge in [0.05, 0.1) is 13.2 Å². The first-order chi connectivity index (χ1) is 8.77. The highest BCUT2D eigenvalue weighted by atomic mass is 16.5. The lowest BCUT2D eigenvalue weighted by atomic mass is 9.98. The molecule has 4 nitrogen and oxygen atoms in total. The third kappa shape index (κ3) is 2.33. The van der Waals surface area contributed by atoms with Gasteiger partial charge in [-0.15, -0.1) is 0 Å². The molecule has 0 saturated heterocycles. The van der Waals surface area contributed by atoms with Gasteiger partial charge in [-0.25, -0.2) is 0 Å². The molecule has 2 aromatic rings. The van der Waals surface area contributed by atoms with E-state index >= 15 is 0 Å². The highest BCUT2D eigenvalue weighted by molar-refractivity contribution is 5.38. The number of aromatic nitrogens is 2. The maximum Gasteiger partial charge on any atom is 0.142 e. The first-order valence-corrected chi connectivity index (χ1v) is 5.95. The van der Waals surface area contributed by atoms with Crippen molar-refractivity contribution in [3.8, 4) is 5.75 Å². The van der Waals surface area contributed by atoms with Crippen LogP contribution in [0.2, 0.25) is 0 Å². The van der Waals surface area contributed by atoms with E-state index in [-0.39, 0.29) is 6.04 Å². The van der Waals surface area contributed by atoms with Crippen LogP contribution in [-0.4, -0.2) is 17.1 Å². The lowest BCUT2D eigenvalue weighted by molar-refractivity contribution is 0.404. The number of rotatable bonds is 4. The molecule has 0 amide bonds. The summed E-state index contributed by atoms with van der Waals surface area (Å²) in [6.07, 6.45) is 6.23. The van der Waals surface area contributed by atoms with Crippen LogP contribution in [0.5, 0.6) is 5.75 Å². The van der Waals surface area contributed by atoms with Crippen molar-refractivity contribution < 1.29 is 4.74 Å². The minimum atomic E-state index is -0.293. The van der Waals surface area contributed by atoms with Gasteiger partial charge in [0.15, 0.2) is 0 Å². The Hall–Kier alpha value is -1.94. The third-order valence-corrected chi connectivity index (χ3v) is 2.97. The van der Waals surface area contributed by atoms with Crippen LogP contribution in [0.3, 0.4) is 0 Å². The molecule has 2 aromatic heterocycles. The molecular formula is C14H17N3O. The van der Waals surface area contributed by atoms with Crippen molar-refractivity contribution in [1.82, 2.24) is 9.97 Å². The zero-order valence-electron chi connectivity index (χ0n) is 10.6. The van der Waals surface area contributed by atoms with E-state index in [0.717, 1.165) is 23.2 Å². The number of ether oxygens (including phenoxy) is 1. The van der Waals surface area contributed by atoms with Crippen molar-refractivity contribution in [3.05, 3.63) is 53.6 Å². The van der Waals surface area contributed by atoms with Crippen LogP contribution < -0.4 is 10.5 Å². The van der Waals surface area contributed by atoms with Crippen LogP contribution in [0.1, 0.15) is 29.8 Å². The van der Waals surface area contributed by atoms with E-state index in [1.165, 1.54) is 0 Å². The maximum absolute atomic E-state index is 6.30. The van der Waals surface area contributed by atoms with Gasteiger partial charge >= 0.3 is 0 Å². The summed E-state index contributed by atoms with van der Waals surface area (Å²) >= 11 is 0. The highest BCUT2D eigenvalue weighted by Crippen LogP contribution is 2.27. The van der Waals surface area contributed by atoms with Crippen molar-refractivity contribution in [1.29, 1.82) is 0 Å². The predicted octanol–water partition coefficient (Wildman–Crippen LogP) is 2.10. The maximum atomic E-state index is 6.30. The molecule has 0 aromatic carbocycles. The summed E-state index contributed by atoms with van der Waals surface area (Å²) in [5, 5.41) is 0. The second-order valence-electron chi connectivity index (χ2n) is 4.00. The van der Waals surface area contributed by atoms with Gasteiger partial charge in [-0.2, -0.15) is 0 Å². The van der Waals surface area contributed by atoms with E-state index in [1.807, 2.05) is 24.4 Å². The number of hydrogen-bond acceptors (Lipinski definition) is 4. The first-order valence-electron chi connectivity index (χ1n) is 5.95. The predicted molar refractivity (Wildman–Crippen MR) is 70.4 cm³/mol. The largest absolute Gasteiger partial charge is 0.495 e. The summed E-state index contributed by atoms with van der Waals surface area (Å²) in [6, 6.07) is 5.36. The Morgan fingerprint density at radius 3 is 2.89 bits per heavy atom. The van der Waals surface area contributed by atoms with E-state index in [9.17, 15) is 0 Å². The van der Waals surface area contributed by atoms with Gasteiger partial charge in [0.2, 0.25) is 0 Å². The van der Waals surface area contributed by atoms with Crippen LogP contribution in [0.15, 0.2) is 36.8 Å². The van der Waals surface area contributed by atoms with Gasteiger partial charge in [0.25, 0.3) is 0 Å². The molecule has 1 unspecified atom stereocenters. The molecule has 0 bridgehead atoms. The monoisotopic (exact) mass is 243 g/mol. The molecule has 0 aliphatic rings. The Morgan fingerprint density at radius 2 is 2.17 bits per heavy atom. The smallest absolute Gasteiger partial charge is 0.142 e. The fourth-order valence-electron chi connectivity index (χ4n) is 1.99. The van der Waals surface area contributed by atoms with Gasteiger partial charge < -0.3 is 10.5 Å².